The van der Waals surface area contributed by atoms with E-state index in [0.29, 0.717) is 22.7 Å². The van der Waals surface area contributed by atoms with Crippen LogP contribution in [-0.2, 0) is 4.79 Å². The van der Waals surface area contributed by atoms with Gasteiger partial charge in [-0.1, -0.05) is 12.2 Å². The molecule has 0 saturated heterocycles. The number of nitrogens with zero attached hydrogens (tertiary/aromatic N) is 3. The number of alkyl halides is 1. The molecule has 26 heavy (non-hydrogen) atoms. The minimum Gasteiger partial charge on any atom is -0.383 e. The highest BCUT2D eigenvalue weighted by atomic mass is 19.1. The zero-order valence-electron chi connectivity index (χ0n) is 14.7. The lowest BCUT2D eigenvalue weighted by atomic mass is 10.1. The number of aromatic nitrogens is 2. The summed E-state index contributed by atoms with van der Waals surface area (Å²) in [6.45, 7) is 7.48. The molecule has 2 aromatic rings. The molecule has 1 aliphatic carbocycles. The number of aliphatic imine (C=N–C) groups is 1. The Morgan fingerprint density at radius 3 is 2.81 bits per heavy atom. The number of carbonyl (C=O) groups is 1. The van der Waals surface area contributed by atoms with Gasteiger partial charge in [0.25, 0.3) is 0 Å². The van der Waals surface area contributed by atoms with Crippen molar-refractivity contribution < 1.29 is 9.18 Å². The molecule has 0 aliphatic heterocycles. The van der Waals surface area contributed by atoms with Gasteiger partial charge in [0, 0.05) is 29.6 Å². The molecule has 3 rings (SSSR count). The van der Waals surface area contributed by atoms with E-state index in [1.54, 1.807) is 18.5 Å². The number of amides is 1. The lowest BCUT2D eigenvalue weighted by molar-refractivity contribution is -0.117. The first-order chi connectivity index (χ1) is 12.4. The van der Waals surface area contributed by atoms with E-state index in [1.165, 1.54) is 6.20 Å². The molecule has 6 nitrogen and oxygen atoms in total. The first-order valence-electron chi connectivity index (χ1n) is 8.24. The van der Waals surface area contributed by atoms with Crippen molar-refractivity contribution in [3.63, 3.8) is 0 Å². The number of pyridine rings is 2. The van der Waals surface area contributed by atoms with Gasteiger partial charge < -0.3 is 11.1 Å². The zero-order valence-corrected chi connectivity index (χ0v) is 14.7. The molecule has 1 fully saturated rings. The maximum Gasteiger partial charge on any atom is 0.231 e. The van der Waals surface area contributed by atoms with Gasteiger partial charge in [-0.15, -0.1) is 0 Å². The number of allylic oxidation sites excluding steroid dienone is 2. The third-order valence-corrected chi connectivity index (χ3v) is 4.17. The Morgan fingerprint density at radius 1 is 1.46 bits per heavy atom. The summed E-state index contributed by atoms with van der Waals surface area (Å²) in [5.41, 5.74) is 8.59. The Labute approximate surface area is 150 Å². The summed E-state index contributed by atoms with van der Waals surface area (Å²) >= 11 is 0. The number of hydrogen-bond donors (Lipinski definition) is 2. The van der Waals surface area contributed by atoms with Gasteiger partial charge in [0.1, 0.15) is 17.8 Å². The van der Waals surface area contributed by atoms with Gasteiger partial charge >= 0.3 is 0 Å². The SMILES string of the molecule is C=CN=CC(=C(C)C)c1cc2cc(NC(=O)[C@@H]3C[C@H]3F)ncc2c(N)n1. The van der Waals surface area contributed by atoms with E-state index in [-0.39, 0.29) is 12.3 Å². The molecule has 0 spiro atoms. The predicted octanol–water partition coefficient (Wildman–Crippen LogP) is 3.52. The first-order valence-corrected chi connectivity index (χ1v) is 8.24. The second kappa shape index (κ2) is 7.03. The predicted molar refractivity (Wildman–Crippen MR) is 103 cm³/mol. The molecule has 1 saturated carbocycles. The number of anilines is 2. The van der Waals surface area contributed by atoms with Crippen LogP contribution in [0.3, 0.4) is 0 Å². The Kier molecular flexibility index (Phi) is 4.79. The molecule has 134 valence electrons. The van der Waals surface area contributed by atoms with E-state index in [0.717, 1.165) is 16.5 Å². The van der Waals surface area contributed by atoms with Crippen LogP contribution < -0.4 is 11.1 Å². The number of nitrogens with two attached hydrogens (primary N) is 1. The number of rotatable bonds is 5. The van der Waals surface area contributed by atoms with Crippen LogP contribution in [-0.4, -0.2) is 28.3 Å². The maximum absolute atomic E-state index is 13.0. The van der Waals surface area contributed by atoms with Gasteiger partial charge in [-0.25, -0.2) is 14.4 Å². The summed E-state index contributed by atoms with van der Waals surface area (Å²) in [5.74, 6) is -0.232. The average molecular weight is 353 g/mol. The van der Waals surface area contributed by atoms with Crippen molar-refractivity contribution in [3.05, 3.63) is 42.4 Å². The van der Waals surface area contributed by atoms with Crippen molar-refractivity contribution in [2.24, 2.45) is 10.9 Å². The molecular weight excluding hydrogens is 333 g/mol. The third kappa shape index (κ3) is 3.61. The second-order valence-corrected chi connectivity index (χ2v) is 6.41. The van der Waals surface area contributed by atoms with Crippen molar-refractivity contribution in [2.45, 2.75) is 26.4 Å². The normalized spacial score (nSPS) is 18.7. The smallest absolute Gasteiger partial charge is 0.231 e. The van der Waals surface area contributed by atoms with Crippen LogP contribution in [0.25, 0.3) is 16.3 Å². The third-order valence-electron chi connectivity index (χ3n) is 4.17. The fraction of sp³-hybridized carbons (Fsp3) is 0.263. The monoisotopic (exact) mass is 353 g/mol. The second-order valence-electron chi connectivity index (χ2n) is 6.41. The molecule has 0 bridgehead atoms. The molecule has 1 aliphatic rings. The number of hydrogen-bond acceptors (Lipinski definition) is 5. The van der Waals surface area contributed by atoms with Gasteiger partial charge in [-0.3, -0.25) is 9.79 Å². The van der Waals surface area contributed by atoms with Gasteiger partial charge in [0.05, 0.1) is 11.6 Å². The first kappa shape index (κ1) is 17.7. The van der Waals surface area contributed by atoms with E-state index >= 15 is 0 Å². The Bertz CT molecular complexity index is 946. The van der Waals surface area contributed by atoms with Gasteiger partial charge in [-0.2, -0.15) is 0 Å². The van der Waals surface area contributed by atoms with E-state index < -0.39 is 12.1 Å². The van der Waals surface area contributed by atoms with Crippen LogP contribution in [0.1, 0.15) is 26.0 Å². The van der Waals surface area contributed by atoms with Gasteiger partial charge in [0.2, 0.25) is 5.91 Å². The van der Waals surface area contributed by atoms with E-state index in [9.17, 15) is 9.18 Å². The Hall–Kier alpha value is -3.09. The standard InChI is InChI=1S/C19H20FN5O/c1-4-22-8-13(10(2)3)16-5-11-6-17(23-9-14(11)18(21)24-16)25-19(26)12-7-15(12)20/h4-6,8-9,12,15H,1,7H2,2-3H3,(H2,21,24)(H,23,25,26)/t12-,15-/m1/s1. The summed E-state index contributed by atoms with van der Waals surface area (Å²) in [7, 11) is 0. The van der Waals surface area contributed by atoms with Crippen LogP contribution in [0.2, 0.25) is 0 Å². The van der Waals surface area contributed by atoms with Crippen molar-refractivity contribution in [1.29, 1.82) is 0 Å². The number of nitrogens with one attached hydrogen (secondary N) is 1. The van der Waals surface area contributed by atoms with Crippen molar-refractivity contribution in [2.75, 3.05) is 11.1 Å². The van der Waals surface area contributed by atoms with E-state index in [4.69, 9.17) is 5.73 Å². The summed E-state index contributed by atoms with van der Waals surface area (Å²) in [6.07, 6.45) is 3.89. The highest BCUT2D eigenvalue weighted by Gasteiger charge is 2.43. The molecular formula is C19H20FN5O. The van der Waals surface area contributed by atoms with Crippen molar-refractivity contribution in [1.82, 2.24) is 9.97 Å². The average Bonchev–Trinajstić information content (AvgIpc) is 3.31. The minimum absolute atomic E-state index is 0.271. The van der Waals surface area contributed by atoms with Gasteiger partial charge in [0.15, 0.2) is 0 Å². The summed E-state index contributed by atoms with van der Waals surface area (Å²) in [4.78, 5) is 24.6. The number of halogens is 1. The Balaban J connectivity index is 1.99. The van der Waals surface area contributed by atoms with Gasteiger partial charge in [-0.05, 0) is 37.8 Å². The van der Waals surface area contributed by atoms with Crippen LogP contribution in [0.5, 0.6) is 0 Å². The zero-order chi connectivity index (χ0) is 18.8. The molecule has 2 heterocycles. The largest absolute Gasteiger partial charge is 0.383 e. The molecule has 2 aromatic heterocycles. The molecule has 0 radical (unpaired) electrons. The summed E-state index contributed by atoms with van der Waals surface area (Å²) < 4.78 is 13.0. The molecule has 7 heteroatoms. The highest BCUT2D eigenvalue weighted by Crippen LogP contribution is 2.35. The molecule has 1 amide bonds. The fourth-order valence-electron chi connectivity index (χ4n) is 2.61. The molecule has 2 atom stereocenters. The van der Waals surface area contributed by atoms with Crippen LogP contribution >= 0.6 is 0 Å². The minimum atomic E-state index is -1.05. The van der Waals surface area contributed by atoms with E-state index in [1.807, 2.05) is 19.9 Å². The van der Waals surface area contributed by atoms with Crippen LogP contribution in [0, 0.1) is 5.92 Å². The van der Waals surface area contributed by atoms with Crippen molar-refractivity contribution >= 4 is 40.1 Å². The Morgan fingerprint density at radius 2 is 2.19 bits per heavy atom. The fourth-order valence-corrected chi connectivity index (χ4v) is 2.61. The van der Waals surface area contributed by atoms with Crippen molar-refractivity contribution in [3.8, 4) is 0 Å². The summed E-state index contributed by atoms with van der Waals surface area (Å²) in [6, 6.07) is 3.56. The highest BCUT2D eigenvalue weighted by molar-refractivity contribution is 6.11. The molecule has 0 unspecified atom stereocenters. The summed E-state index contributed by atoms with van der Waals surface area (Å²) in [5, 5.41) is 4.10. The van der Waals surface area contributed by atoms with Crippen LogP contribution in [0.4, 0.5) is 16.0 Å². The molecule has 0 aromatic carbocycles. The quantitative estimate of drug-likeness (QED) is 0.804. The maximum atomic E-state index is 13.0. The number of carbonyl (C=O) groups excluding carboxylic acids is 1. The van der Waals surface area contributed by atoms with Crippen LogP contribution in [0.15, 0.2) is 41.7 Å². The number of nitrogen functional groups attached to an aromatic ring is 1. The molecule has 3 N–H and O–H groups in total. The number of fused-ring (bicyclic) bond motifs is 1. The van der Waals surface area contributed by atoms with E-state index in [2.05, 4.69) is 26.9 Å². The topological polar surface area (TPSA) is 93.3 Å². The lowest BCUT2D eigenvalue weighted by Gasteiger charge is -2.10. The lowest BCUT2D eigenvalue weighted by Crippen LogP contribution is -2.15.